The second kappa shape index (κ2) is 8.28. The molecule has 0 atom stereocenters. The molecule has 2 aromatic rings. The van der Waals surface area contributed by atoms with E-state index in [1.54, 1.807) is 12.1 Å². The van der Waals surface area contributed by atoms with E-state index in [0.717, 1.165) is 5.56 Å². The van der Waals surface area contributed by atoms with Crippen molar-refractivity contribution in [3.8, 4) is 17.2 Å². The smallest absolute Gasteiger partial charge is 0.241 e. The molecule has 1 aliphatic heterocycles. The van der Waals surface area contributed by atoms with Gasteiger partial charge in [-0.25, -0.2) is 13.1 Å². The first-order chi connectivity index (χ1) is 13.0. The highest BCUT2D eigenvalue weighted by molar-refractivity contribution is 7.89. The SMILES string of the molecule is COc1ccc(S(=O)(=O)NCC(=O)NCCc2ccc3c(c2)OCO3)cc1. The van der Waals surface area contributed by atoms with Crippen LogP contribution in [-0.2, 0) is 21.2 Å². The van der Waals surface area contributed by atoms with E-state index in [-0.39, 0.29) is 18.2 Å². The van der Waals surface area contributed by atoms with E-state index in [1.807, 2.05) is 18.2 Å². The summed E-state index contributed by atoms with van der Waals surface area (Å²) in [7, 11) is -2.27. The average molecular weight is 392 g/mol. The number of hydrogen-bond donors (Lipinski definition) is 2. The topological polar surface area (TPSA) is 103 Å². The summed E-state index contributed by atoms with van der Waals surface area (Å²) in [5.41, 5.74) is 0.985. The van der Waals surface area contributed by atoms with E-state index in [1.165, 1.54) is 19.2 Å². The molecule has 1 amide bonds. The highest BCUT2D eigenvalue weighted by Gasteiger charge is 2.16. The number of carbonyl (C=O) groups excluding carboxylic acids is 1. The third kappa shape index (κ3) is 4.89. The van der Waals surface area contributed by atoms with Crippen LogP contribution in [0.5, 0.6) is 17.2 Å². The van der Waals surface area contributed by atoms with Gasteiger partial charge in [0.05, 0.1) is 18.6 Å². The highest BCUT2D eigenvalue weighted by Crippen LogP contribution is 2.32. The van der Waals surface area contributed by atoms with Gasteiger partial charge in [-0.15, -0.1) is 0 Å². The maximum atomic E-state index is 12.2. The second-order valence-corrected chi connectivity index (χ2v) is 7.55. The van der Waals surface area contributed by atoms with Gasteiger partial charge in [-0.3, -0.25) is 4.79 Å². The van der Waals surface area contributed by atoms with Crippen molar-refractivity contribution in [3.63, 3.8) is 0 Å². The van der Waals surface area contributed by atoms with Crippen molar-refractivity contribution in [1.29, 1.82) is 0 Å². The molecule has 0 bridgehead atoms. The van der Waals surface area contributed by atoms with Crippen molar-refractivity contribution in [3.05, 3.63) is 48.0 Å². The Labute approximate surface area is 157 Å². The van der Waals surface area contributed by atoms with Gasteiger partial charge in [0.2, 0.25) is 22.7 Å². The quantitative estimate of drug-likeness (QED) is 0.696. The molecule has 0 radical (unpaired) electrons. The van der Waals surface area contributed by atoms with Crippen LogP contribution in [0.3, 0.4) is 0 Å². The van der Waals surface area contributed by atoms with Crippen LogP contribution < -0.4 is 24.2 Å². The minimum absolute atomic E-state index is 0.0662. The summed E-state index contributed by atoms with van der Waals surface area (Å²) in [4.78, 5) is 12.0. The molecule has 0 saturated carbocycles. The van der Waals surface area contributed by atoms with Gasteiger partial charge in [-0.1, -0.05) is 6.07 Å². The lowest BCUT2D eigenvalue weighted by molar-refractivity contribution is -0.119. The Balaban J connectivity index is 1.45. The Morgan fingerprint density at radius 2 is 1.85 bits per heavy atom. The van der Waals surface area contributed by atoms with Crippen LogP contribution in [0.4, 0.5) is 0 Å². The maximum Gasteiger partial charge on any atom is 0.241 e. The molecule has 0 fully saturated rings. The number of amides is 1. The van der Waals surface area contributed by atoms with E-state index < -0.39 is 15.9 Å². The summed E-state index contributed by atoms with van der Waals surface area (Å²) in [5, 5.41) is 2.68. The number of methoxy groups -OCH3 is 1. The van der Waals surface area contributed by atoms with E-state index in [4.69, 9.17) is 14.2 Å². The van der Waals surface area contributed by atoms with Crippen molar-refractivity contribution in [2.24, 2.45) is 0 Å². The number of sulfonamides is 1. The first-order valence-corrected chi connectivity index (χ1v) is 9.75. The molecule has 3 rings (SSSR count). The fourth-order valence-corrected chi connectivity index (χ4v) is 3.49. The predicted octanol–water partition coefficient (Wildman–Crippen LogP) is 1.06. The first-order valence-electron chi connectivity index (χ1n) is 8.27. The Bertz CT molecular complexity index is 912. The molecule has 9 heteroatoms. The number of hydrogen-bond acceptors (Lipinski definition) is 6. The lowest BCUT2D eigenvalue weighted by Crippen LogP contribution is -2.37. The summed E-state index contributed by atoms with van der Waals surface area (Å²) in [5.74, 6) is 1.53. The molecule has 1 aliphatic rings. The summed E-state index contributed by atoms with van der Waals surface area (Å²) in [6.45, 7) is 0.252. The maximum absolute atomic E-state index is 12.2. The van der Waals surface area contributed by atoms with E-state index in [9.17, 15) is 13.2 Å². The van der Waals surface area contributed by atoms with Crippen molar-refractivity contribution in [2.75, 3.05) is 27.0 Å². The zero-order valence-electron chi connectivity index (χ0n) is 14.7. The normalized spacial score (nSPS) is 12.6. The molecule has 2 N–H and O–H groups in total. The minimum atomic E-state index is -3.76. The van der Waals surface area contributed by atoms with E-state index in [2.05, 4.69) is 10.0 Å². The number of ether oxygens (including phenoxy) is 3. The monoisotopic (exact) mass is 392 g/mol. The number of fused-ring (bicyclic) bond motifs is 1. The summed E-state index contributed by atoms with van der Waals surface area (Å²) in [6.07, 6.45) is 0.591. The van der Waals surface area contributed by atoms with Gasteiger partial charge in [0.1, 0.15) is 5.75 Å². The predicted molar refractivity (Wildman–Crippen MR) is 97.5 cm³/mol. The Morgan fingerprint density at radius 1 is 1.11 bits per heavy atom. The number of nitrogens with one attached hydrogen (secondary N) is 2. The van der Waals surface area contributed by atoms with Crippen LogP contribution in [-0.4, -0.2) is 41.3 Å². The third-order valence-corrected chi connectivity index (χ3v) is 5.38. The van der Waals surface area contributed by atoms with Gasteiger partial charge >= 0.3 is 0 Å². The van der Waals surface area contributed by atoms with Crippen LogP contribution in [0.2, 0.25) is 0 Å². The van der Waals surface area contributed by atoms with Gasteiger partial charge in [-0.2, -0.15) is 0 Å². The molecule has 1 heterocycles. The third-order valence-electron chi connectivity index (χ3n) is 3.97. The molecule has 2 aromatic carbocycles. The van der Waals surface area contributed by atoms with Crippen LogP contribution in [0.25, 0.3) is 0 Å². The molecular weight excluding hydrogens is 372 g/mol. The van der Waals surface area contributed by atoms with E-state index in [0.29, 0.717) is 30.2 Å². The summed E-state index contributed by atoms with van der Waals surface area (Å²) in [6, 6.07) is 11.5. The molecule has 0 saturated heterocycles. The second-order valence-electron chi connectivity index (χ2n) is 5.79. The molecule has 27 heavy (non-hydrogen) atoms. The molecule has 0 unspecified atom stereocenters. The zero-order valence-corrected chi connectivity index (χ0v) is 15.5. The summed E-state index contributed by atoms with van der Waals surface area (Å²) < 4.78 is 42.2. The van der Waals surface area contributed by atoms with Crippen LogP contribution in [0, 0.1) is 0 Å². The van der Waals surface area contributed by atoms with Crippen molar-refractivity contribution < 1.29 is 27.4 Å². The fourth-order valence-electron chi connectivity index (χ4n) is 2.50. The van der Waals surface area contributed by atoms with Gasteiger partial charge in [0.25, 0.3) is 0 Å². The lowest BCUT2D eigenvalue weighted by Gasteiger charge is -2.09. The minimum Gasteiger partial charge on any atom is -0.497 e. The Hall–Kier alpha value is -2.78. The lowest BCUT2D eigenvalue weighted by atomic mass is 10.1. The number of rotatable bonds is 8. The summed E-state index contributed by atoms with van der Waals surface area (Å²) >= 11 is 0. The largest absolute Gasteiger partial charge is 0.497 e. The van der Waals surface area contributed by atoms with Gasteiger partial charge < -0.3 is 19.5 Å². The molecule has 0 aromatic heterocycles. The Kier molecular flexibility index (Phi) is 5.82. The van der Waals surface area contributed by atoms with Crippen LogP contribution >= 0.6 is 0 Å². The molecule has 0 aliphatic carbocycles. The van der Waals surface area contributed by atoms with Gasteiger partial charge in [-0.05, 0) is 48.4 Å². The molecule has 8 nitrogen and oxygen atoms in total. The number of benzene rings is 2. The molecule has 0 spiro atoms. The molecular formula is C18H20N2O6S. The zero-order chi connectivity index (χ0) is 19.3. The Morgan fingerprint density at radius 3 is 2.59 bits per heavy atom. The molecule has 144 valence electrons. The fraction of sp³-hybridized carbons (Fsp3) is 0.278. The first kappa shape index (κ1) is 19.0. The van der Waals surface area contributed by atoms with Crippen LogP contribution in [0.1, 0.15) is 5.56 Å². The van der Waals surface area contributed by atoms with E-state index >= 15 is 0 Å². The van der Waals surface area contributed by atoms with Crippen molar-refractivity contribution in [1.82, 2.24) is 10.0 Å². The van der Waals surface area contributed by atoms with Gasteiger partial charge in [0, 0.05) is 6.54 Å². The highest BCUT2D eigenvalue weighted by atomic mass is 32.2. The average Bonchev–Trinajstić information content (AvgIpc) is 3.14. The number of carbonyl (C=O) groups is 1. The van der Waals surface area contributed by atoms with Crippen molar-refractivity contribution >= 4 is 15.9 Å². The standard InChI is InChI=1S/C18H20N2O6S/c1-24-14-3-5-15(6-4-14)27(22,23)20-11-18(21)19-9-8-13-2-7-16-17(10-13)26-12-25-16/h2-7,10,20H,8-9,11-12H2,1H3,(H,19,21). The van der Waals surface area contributed by atoms with Crippen LogP contribution in [0.15, 0.2) is 47.4 Å². The van der Waals surface area contributed by atoms with Gasteiger partial charge in [0.15, 0.2) is 11.5 Å². The van der Waals surface area contributed by atoms with Crippen molar-refractivity contribution in [2.45, 2.75) is 11.3 Å².